The molecule has 2 heteroatoms. The summed E-state index contributed by atoms with van der Waals surface area (Å²) in [5.74, 6) is -0.828. The van der Waals surface area contributed by atoms with Crippen molar-refractivity contribution in [1.82, 2.24) is 0 Å². The summed E-state index contributed by atoms with van der Waals surface area (Å²) in [6, 6.07) is 14.5. The summed E-state index contributed by atoms with van der Waals surface area (Å²) in [5, 5.41) is 9.65. The Hall–Kier alpha value is -2.09. The first-order valence-corrected chi connectivity index (χ1v) is 9.66. The fraction of sp³-hybridized carbons (Fsp3) is 0.458. The number of rotatable bonds is 3. The van der Waals surface area contributed by atoms with Gasteiger partial charge in [0.2, 0.25) is 0 Å². The standard InChI is InChI=1S/C24H28O2/c1-22(2)11-12-23(3,4)20-15-16(9-10-19(20)22)24(13-14-24)18-8-6-5-7-17(18)21(25)26/h5-10,15H,11-14H2,1-4H3,(H,25,26). The third kappa shape index (κ3) is 2.50. The molecule has 0 saturated heterocycles. The van der Waals surface area contributed by atoms with E-state index >= 15 is 0 Å². The van der Waals surface area contributed by atoms with E-state index in [4.69, 9.17) is 0 Å². The average Bonchev–Trinajstić information content (AvgIpc) is 3.41. The summed E-state index contributed by atoms with van der Waals surface area (Å²) in [6.07, 6.45) is 4.45. The Morgan fingerprint density at radius 3 is 2.04 bits per heavy atom. The first kappa shape index (κ1) is 17.3. The molecule has 0 heterocycles. The lowest BCUT2D eigenvalue weighted by atomic mass is 9.62. The fourth-order valence-corrected chi connectivity index (χ4v) is 4.81. The van der Waals surface area contributed by atoms with Crippen LogP contribution in [-0.4, -0.2) is 11.1 Å². The van der Waals surface area contributed by atoms with Crippen molar-refractivity contribution in [2.75, 3.05) is 0 Å². The van der Waals surface area contributed by atoms with Crippen LogP contribution in [0.4, 0.5) is 0 Å². The second-order valence-electron chi connectivity index (χ2n) is 9.46. The minimum absolute atomic E-state index is 0.123. The number of fused-ring (bicyclic) bond motifs is 1. The summed E-state index contributed by atoms with van der Waals surface area (Å²) >= 11 is 0. The van der Waals surface area contributed by atoms with Crippen LogP contribution in [0.3, 0.4) is 0 Å². The van der Waals surface area contributed by atoms with Crippen molar-refractivity contribution in [1.29, 1.82) is 0 Å². The zero-order valence-corrected chi connectivity index (χ0v) is 16.2. The predicted molar refractivity (Wildman–Crippen MR) is 105 cm³/mol. The highest BCUT2D eigenvalue weighted by molar-refractivity contribution is 5.90. The molecule has 1 fully saturated rings. The summed E-state index contributed by atoms with van der Waals surface area (Å²) in [5.41, 5.74) is 5.87. The lowest BCUT2D eigenvalue weighted by molar-refractivity contribution is 0.0695. The van der Waals surface area contributed by atoms with E-state index in [1.807, 2.05) is 18.2 Å². The van der Waals surface area contributed by atoms with Gasteiger partial charge in [-0.1, -0.05) is 64.1 Å². The van der Waals surface area contributed by atoms with Gasteiger partial charge in [-0.3, -0.25) is 0 Å². The van der Waals surface area contributed by atoms with E-state index in [1.54, 1.807) is 6.07 Å². The van der Waals surface area contributed by atoms with E-state index in [2.05, 4.69) is 45.9 Å². The van der Waals surface area contributed by atoms with E-state index in [0.29, 0.717) is 5.56 Å². The minimum Gasteiger partial charge on any atom is -0.478 e. The molecule has 1 saturated carbocycles. The van der Waals surface area contributed by atoms with E-state index < -0.39 is 5.97 Å². The van der Waals surface area contributed by atoms with Crippen LogP contribution in [0.15, 0.2) is 42.5 Å². The maximum atomic E-state index is 11.7. The van der Waals surface area contributed by atoms with Gasteiger partial charge in [0.1, 0.15) is 0 Å². The van der Waals surface area contributed by atoms with Gasteiger partial charge in [-0.2, -0.15) is 0 Å². The third-order valence-electron chi connectivity index (χ3n) is 6.83. The summed E-state index contributed by atoms with van der Waals surface area (Å²) in [6.45, 7) is 9.37. The number of carbonyl (C=O) groups is 1. The van der Waals surface area contributed by atoms with Crippen LogP contribution < -0.4 is 0 Å². The van der Waals surface area contributed by atoms with Crippen LogP contribution in [0, 0.1) is 0 Å². The highest BCUT2D eigenvalue weighted by Gasteiger charge is 2.48. The van der Waals surface area contributed by atoms with Gasteiger partial charge in [-0.25, -0.2) is 4.79 Å². The van der Waals surface area contributed by atoms with Crippen LogP contribution in [0.2, 0.25) is 0 Å². The maximum Gasteiger partial charge on any atom is 0.335 e. The van der Waals surface area contributed by atoms with Crippen LogP contribution in [0.1, 0.15) is 86.0 Å². The van der Waals surface area contributed by atoms with Gasteiger partial charge in [0.05, 0.1) is 5.56 Å². The van der Waals surface area contributed by atoms with E-state index in [9.17, 15) is 9.90 Å². The van der Waals surface area contributed by atoms with Crippen molar-refractivity contribution in [3.63, 3.8) is 0 Å². The van der Waals surface area contributed by atoms with Crippen LogP contribution in [-0.2, 0) is 16.2 Å². The Bertz CT molecular complexity index is 885. The maximum absolute atomic E-state index is 11.7. The Kier molecular flexibility index (Phi) is 3.63. The summed E-state index contributed by atoms with van der Waals surface area (Å²) in [4.78, 5) is 11.7. The lowest BCUT2D eigenvalue weighted by Crippen LogP contribution is -2.34. The minimum atomic E-state index is -0.828. The number of hydrogen-bond donors (Lipinski definition) is 1. The second-order valence-corrected chi connectivity index (χ2v) is 9.46. The normalized spacial score (nSPS) is 21.7. The quantitative estimate of drug-likeness (QED) is 0.759. The largest absolute Gasteiger partial charge is 0.478 e. The monoisotopic (exact) mass is 348 g/mol. The molecular weight excluding hydrogens is 320 g/mol. The van der Waals surface area contributed by atoms with Crippen LogP contribution in [0.25, 0.3) is 0 Å². The van der Waals surface area contributed by atoms with E-state index in [1.165, 1.54) is 29.5 Å². The molecule has 2 nitrogen and oxygen atoms in total. The van der Waals surface area contributed by atoms with Crippen LogP contribution >= 0.6 is 0 Å². The topological polar surface area (TPSA) is 37.3 Å². The number of carboxylic acids is 1. The fourth-order valence-electron chi connectivity index (χ4n) is 4.81. The molecule has 26 heavy (non-hydrogen) atoms. The SMILES string of the molecule is CC1(C)CCC(C)(C)c2cc(C3(c4ccccc4C(=O)O)CC3)ccc21. The molecule has 0 aromatic heterocycles. The lowest BCUT2D eigenvalue weighted by Gasteiger charge is -2.42. The molecule has 0 radical (unpaired) electrons. The molecular formula is C24H28O2. The van der Waals surface area contributed by atoms with Crippen LogP contribution in [0.5, 0.6) is 0 Å². The average molecular weight is 348 g/mol. The van der Waals surface area contributed by atoms with Gasteiger partial charge < -0.3 is 5.11 Å². The molecule has 1 N–H and O–H groups in total. The van der Waals surface area contributed by atoms with Crippen molar-refractivity contribution in [2.45, 2.75) is 69.6 Å². The molecule has 4 rings (SSSR count). The molecule has 0 amide bonds. The molecule has 0 bridgehead atoms. The Morgan fingerprint density at radius 2 is 1.42 bits per heavy atom. The number of carboxylic acid groups (broad SMARTS) is 1. The molecule has 0 atom stereocenters. The van der Waals surface area contributed by atoms with Gasteiger partial charge >= 0.3 is 5.97 Å². The first-order valence-electron chi connectivity index (χ1n) is 9.66. The Balaban J connectivity index is 1.87. The Labute approximate surface area is 156 Å². The van der Waals surface area contributed by atoms with Gasteiger partial charge in [0.15, 0.2) is 0 Å². The zero-order chi connectivity index (χ0) is 18.7. The molecule has 2 aromatic carbocycles. The van der Waals surface area contributed by atoms with E-state index in [0.717, 1.165) is 18.4 Å². The highest BCUT2D eigenvalue weighted by atomic mass is 16.4. The number of benzene rings is 2. The zero-order valence-electron chi connectivity index (χ0n) is 16.2. The molecule has 136 valence electrons. The van der Waals surface area contributed by atoms with Crippen molar-refractivity contribution >= 4 is 5.97 Å². The van der Waals surface area contributed by atoms with E-state index in [-0.39, 0.29) is 16.2 Å². The molecule has 0 aliphatic heterocycles. The number of hydrogen-bond acceptors (Lipinski definition) is 1. The van der Waals surface area contributed by atoms with Crippen molar-refractivity contribution in [3.05, 3.63) is 70.3 Å². The molecule has 0 spiro atoms. The summed E-state index contributed by atoms with van der Waals surface area (Å²) in [7, 11) is 0. The molecule has 2 aromatic rings. The molecule has 2 aliphatic rings. The van der Waals surface area contributed by atoms with Crippen molar-refractivity contribution < 1.29 is 9.90 Å². The molecule has 2 aliphatic carbocycles. The Morgan fingerprint density at radius 1 is 0.808 bits per heavy atom. The van der Waals surface area contributed by atoms with Crippen molar-refractivity contribution in [3.8, 4) is 0 Å². The predicted octanol–water partition coefficient (Wildman–Crippen LogP) is 5.81. The first-order chi connectivity index (χ1) is 12.2. The van der Waals surface area contributed by atoms with Gasteiger partial charge in [-0.15, -0.1) is 0 Å². The third-order valence-corrected chi connectivity index (χ3v) is 6.83. The molecule has 0 unspecified atom stereocenters. The second kappa shape index (κ2) is 5.45. The summed E-state index contributed by atoms with van der Waals surface area (Å²) < 4.78 is 0. The number of aromatic carboxylic acids is 1. The van der Waals surface area contributed by atoms with Gasteiger partial charge in [0, 0.05) is 5.41 Å². The highest BCUT2D eigenvalue weighted by Crippen LogP contribution is 2.56. The van der Waals surface area contributed by atoms with Gasteiger partial charge in [-0.05, 0) is 64.8 Å². The van der Waals surface area contributed by atoms with Crippen molar-refractivity contribution in [2.24, 2.45) is 0 Å². The smallest absolute Gasteiger partial charge is 0.335 e. The van der Waals surface area contributed by atoms with Gasteiger partial charge in [0.25, 0.3) is 0 Å².